The molecule has 0 unspecified atom stereocenters. The van der Waals surface area contributed by atoms with Crippen LogP contribution in [0.5, 0.6) is 0 Å². The number of benzene rings is 2. The van der Waals surface area contributed by atoms with E-state index in [-0.39, 0.29) is 49.6 Å². The van der Waals surface area contributed by atoms with Gasteiger partial charge in [-0.3, -0.25) is 9.97 Å². The van der Waals surface area contributed by atoms with Gasteiger partial charge in [-0.25, -0.2) is 0 Å². The van der Waals surface area contributed by atoms with Crippen molar-refractivity contribution in [3.63, 3.8) is 0 Å². The Labute approximate surface area is 277 Å². The molecule has 4 aromatic rings. The van der Waals surface area contributed by atoms with E-state index < -0.39 is 0 Å². The summed E-state index contributed by atoms with van der Waals surface area (Å²) in [6.07, 6.45) is 2.24. The number of nitrogens with zero attached hydrogens (tertiary/aromatic N) is 4. The highest BCUT2D eigenvalue weighted by Gasteiger charge is 2.13. The fourth-order valence-corrected chi connectivity index (χ4v) is 5.46. The van der Waals surface area contributed by atoms with Crippen LogP contribution in [0.2, 0.25) is 0 Å². The lowest BCUT2D eigenvalue weighted by molar-refractivity contribution is 0.303. The lowest BCUT2D eigenvalue weighted by atomic mass is 10.0. The van der Waals surface area contributed by atoms with Gasteiger partial charge in [0.2, 0.25) is 0 Å². The molecule has 0 bridgehead atoms. The van der Waals surface area contributed by atoms with E-state index in [2.05, 4.69) is 98.4 Å². The zero-order chi connectivity index (χ0) is 27.1. The third kappa shape index (κ3) is 9.60. The maximum Gasteiger partial charge on any atom is 0.0805 e. The number of rotatable bonds is 14. The summed E-state index contributed by atoms with van der Waals surface area (Å²) in [6.45, 7) is 21.7. The molecule has 0 aliphatic carbocycles. The molecule has 2 heterocycles. The van der Waals surface area contributed by atoms with E-state index in [1.54, 1.807) is 0 Å². The summed E-state index contributed by atoms with van der Waals surface area (Å²) in [4.78, 5) is 14.9. The van der Waals surface area contributed by atoms with E-state index in [1.807, 2.05) is 0 Å². The predicted octanol–water partition coefficient (Wildman–Crippen LogP) is 8.53. The molecule has 10 heteroatoms. The van der Waals surface area contributed by atoms with E-state index in [0.29, 0.717) is 0 Å². The van der Waals surface area contributed by atoms with Crippen LogP contribution in [0.25, 0.3) is 32.6 Å². The van der Waals surface area contributed by atoms with Gasteiger partial charge in [0, 0.05) is 57.4 Å². The first kappa shape index (κ1) is 40.2. The quantitative estimate of drug-likeness (QED) is 0.105. The monoisotopic (exact) mass is 658 g/mol. The number of fused-ring (bicyclic) bond motifs is 5. The van der Waals surface area contributed by atoms with Crippen molar-refractivity contribution in [1.82, 2.24) is 19.8 Å². The molecule has 0 atom stereocenters. The van der Waals surface area contributed by atoms with Gasteiger partial charge >= 0.3 is 0 Å². The Morgan fingerprint density at radius 2 is 0.881 bits per heavy atom. The van der Waals surface area contributed by atoms with Crippen LogP contribution in [0.4, 0.5) is 11.4 Å². The summed E-state index contributed by atoms with van der Waals surface area (Å²) in [6, 6.07) is 13.3. The van der Waals surface area contributed by atoms with Crippen molar-refractivity contribution >= 4 is 93.6 Å². The van der Waals surface area contributed by atoms with Gasteiger partial charge in [0.05, 0.1) is 11.0 Å². The summed E-state index contributed by atoms with van der Waals surface area (Å²) in [7, 11) is 0. The van der Waals surface area contributed by atoms with E-state index >= 15 is 0 Å². The number of hydrogen-bond acceptors (Lipinski definition) is 6. The smallest absolute Gasteiger partial charge is 0.0805 e. The second-order valence-corrected chi connectivity index (χ2v) is 10.3. The molecule has 0 radical (unpaired) electrons. The Bertz CT molecular complexity index is 1270. The molecule has 0 fully saturated rings. The average molecular weight is 661 g/mol. The summed E-state index contributed by atoms with van der Waals surface area (Å²) >= 11 is 0. The molecule has 0 spiro atoms. The topological polar surface area (TPSA) is 56.3 Å². The van der Waals surface area contributed by atoms with Crippen LogP contribution in [-0.4, -0.2) is 72.1 Å². The number of aromatic nitrogens is 2. The average Bonchev–Trinajstić information content (AvgIpc) is 2.92. The third-order valence-corrected chi connectivity index (χ3v) is 7.73. The van der Waals surface area contributed by atoms with Crippen LogP contribution in [0.15, 0.2) is 36.4 Å². The minimum atomic E-state index is 0. The van der Waals surface area contributed by atoms with Gasteiger partial charge in [-0.1, -0.05) is 52.0 Å². The van der Waals surface area contributed by atoms with Crippen molar-refractivity contribution in [2.45, 2.75) is 54.4 Å². The first-order valence-electron chi connectivity index (χ1n) is 14.6. The predicted molar refractivity (Wildman–Crippen MR) is 195 cm³/mol. The van der Waals surface area contributed by atoms with Crippen LogP contribution in [0.1, 0.15) is 51.9 Å². The first-order valence-corrected chi connectivity index (χ1v) is 14.6. The number of aryl methyl sites for hydroxylation is 2. The van der Waals surface area contributed by atoms with Gasteiger partial charge in [-0.2, -0.15) is 0 Å². The number of anilines is 2. The van der Waals surface area contributed by atoms with Crippen molar-refractivity contribution in [1.29, 1.82) is 0 Å². The third-order valence-electron chi connectivity index (χ3n) is 7.73. The zero-order valence-electron chi connectivity index (χ0n) is 26.0. The van der Waals surface area contributed by atoms with Crippen LogP contribution in [-0.2, 0) is 0 Å². The molecule has 0 amide bonds. The van der Waals surface area contributed by atoms with Gasteiger partial charge < -0.3 is 20.4 Å². The highest BCUT2D eigenvalue weighted by atomic mass is 35.5. The number of halogens is 4. The van der Waals surface area contributed by atoms with Crippen LogP contribution in [0, 0.1) is 13.8 Å². The minimum absolute atomic E-state index is 0. The zero-order valence-corrected chi connectivity index (χ0v) is 29.2. The molecule has 0 aliphatic heterocycles. The van der Waals surface area contributed by atoms with Gasteiger partial charge in [0.1, 0.15) is 0 Å². The van der Waals surface area contributed by atoms with Crippen molar-refractivity contribution in [2.24, 2.45) is 0 Å². The summed E-state index contributed by atoms with van der Waals surface area (Å²) in [5, 5.41) is 12.1. The fourth-order valence-electron chi connectivity index (χ4n) is 5.46. The van der Waals surface area contributed by atoms with Crippen molar-refractivity contribution < 1.29 is 0 Å². The lowest BCUT2D eigenvalue weighted by Gasteiger charge is -2.19. The molecule has 0 aliphatic rings. The Morgan fingerprint density at radius 1 is 0.548 bits per heavy atom. The molecule has 236 valence electrons. The second-order valence-electron chi connectivity index (χ2n) is 10.3. The first-order chi connectivity index (χ1) is 18.5. The summed E-state index contributed by atoms with van der Waals surface area (Å²) < 4.78 is 0. The van der Waals surface area contributed by atoms with Crippen LogP contribution in [0.3, 0.4) is 0 Å². The molecular weight excluding hydrogens is 610 g/mol. The largest absolute Gasteiger partial charge is 0.384 e. The SMILES string of the molecule is CCN(CC)CCCNc1cc(C)nc2c1ccc1c2ccc2c(NCCCN(CC)CC)cc(C)nc21.Cl.Cl.Cl.Cl. The Balaban J connectivity index is 0.00000420. The normalized spacial score (nSPS) is 10.8. The van der Waals surface area contributed by atoms with Crippen molar-refractivity contribution in [3.05, 3.63) is 47.8 Å². The van der Waals surface area contributed by atoms with Crippen LogP contribution < -0.4 is 10.6 Å². The Morgan fingerprint density at radius 3 is 1.21 bits per heavy atom. The van der Waals surface area contributed by atoms with E-state index in [4.69, 9.17) is 9.97 Å². The maximum absolute atomic E-state index is 5.00. The molecular formula is C32H50Cl4N6. The summed E-state index contributed by atoms with van der Waals surface area (Å²) in [5.74, 6) is 0. The van der Waals surface area contributed by atoms with Crippen LogP contribution >= 0.6 is 49.6 Å². The molecule has 2 aromatic heterocycles. The molecule has 0 saturated heterocycles. The fraction of sp³-hybridized carbons (Fsp3) is 0.500. The Kier molecular flexibility index (Phi) is 18.6. The molecule has 0 saturated carbocycles. The minimum Gasteiger partial charge on any atom is -0.384 e. The Hall–Kier alpha value is -1.80. The van der Waals surface area contributed by atoms with Gasteiger partial charge in [0.25, 0.3) is 0 Å². The standard InChI is InChI=1S/C32H46N6.4ClH/c1-7-37(8-2)19-11-17-33-29-21-23(5)35-31-25-14-16-28-30(34-18-12-20-38(9-3)10-4)22-24(6)36-32(28)26(25)13-15-27(29)31;;;;/h13-16,21-22H,7-12,17-20H2,1-6H3,(H,33,35)(H,34,36);4*1H. The molecule has 2 N–H and O–H groups in total. The van der Waals surface area contributed by atoms with Crippen molar-refractivity contribution in [2.75, 3.05) is 63.0 Å². The van der Waals surface area contributed by atoms with E-state index in [0.717, 1.165) is 98.4 Å². The second kappa shape index (κ2) is 19.5. The number of nitrogens with one attached hydrogen (secondary N) is 2. The highest BCUT2D eigenvalue weighted by Crippen LogP contribution is 2.35. The molecule has 42 heavy (non-hydrogen) atoms. The van der Waals surface area contributed by atoms with Gasteiger partial charge in [0.15, 0.2) is 0 Å². The highest BCUT2D eigenvalue weighted by molar-refractivity contribution is 6.18. The van der Waals surface area contributed by atoms with E-state index in [1.165, 1.54) is 22.1 Å². The van der Waals surface area contributed by atoms with Gasteiger partial charge in [-0.05, 0) is 78.1 Å². The maximum atomic E-state index is 5.00. The van der Waals surface area contributed by atoms with E-state index in [9.17, 15) is 0 Å². The number of pyridine rings is 2. The molecule has 2 aromatic carbocycles. The van der Waals surface area contributed by atoms with Gasteiger partial charge in [-0.15, -0.1) is 49.6 Å². The van der Waals surface area contributed by atoms with Crippen molar-refractivity contribution in [3.8, 4) is 0 Å². The molecule has 4 rings (SSSR count). The lowest BCUT2D eigenvalue weighted by Crippen LogP contribution is -2.25. The molecule has 6 nitrogen and oxygen atoms in total. The number of hydrogen-bond donors (Lipinski definition) is 2. The summed E-state index contributed by atoms with van der Waals surface area (Å²) in [5.41, 5.74) is 6.50.